The smallest absolute Gasteiger partial charge is 0.355 e. The Morgan fingerprint density at radius 2 is 1.75 bits per heavy atom. The minimum Gasteiger partial charge on any atom is -0.355 e. The molecule has 0 amide bonds. The molecule has 0 aliphatic rings. The SMILES string of the molecule is CCCCCCCCC(C[NH3+])OP(=O)(O)O. The van der Waals surface area contributed by atoms with Gasteiger partial charge in [-0.05, 0) is 6.42 Å². The standard InChI is InChI=1S/C10H24NO4P/c1-2-3-4-5-6-7-8-10(9-11)15-16(12,13)14/h10H,2-9,11H2,1H3,(H2,12,13,14)/p+1. The van der Waals surface area contributed by atoms with E-state index in [1.807, 2.05) is 0 Å². The Balaban J connectivity index is 3.52. The molecule has 5 N–H and O–H groups in total. The highest BCUT2D eigenvalue weighted by atomic mass is 31.2. The minimum atomic E-state index is -4.34. The molecule has 5 nitrogen and oxygen atoms in total. The van der Waals surface area contributed by atoms with E-state index in [1.54, 1.807) is 0 Å². The van der Waals surface area contributed by atoms with Gasteiger partial charge in [0.15, 0.2) is 0 Å². The number of unbranched alkanes of at least 4 members (excludes halogenated alkanes) is 5. The van der Waals surface area contributed by atoms with Gasteiger partial charge in [-0.2, -0.15) is 0 Å². The first-order valence-corrected chi connectivity index (χ1v) is 7.55. The predicted octanol–water partition coefficient (Wildman–Crippen LogP) is 1.46. The van der Waals surface area contributed by atoms with Gasteiger partial charge >= 0.3 is 7.82 Å². The highest BCUT2D eigenvalue weighted by molar-refractivity contribution is 7.46. The van der Waals surface area contributed by atoms with E-state index in [9.17, 15) is 4.57 Å². The van der Waals surface area contributed by atoms with Crippen molar-refractivity contribution in [2.45, 2.75) is 58.0 Å². The molecule has 0 aliphatic carbocycles. The summed E-state index contributed by atoms with van der Waals surface area (Å²) in [6.45, 7) is 2.58. The summed E-state index contributed by atoms with van der Waals surface area (Å²) < 4.78 is 15.2. The zero-order valence-electron chi connectivity index (χ0n) is 10.1. The summed E-state index contributed by atoms with van der Waals surface area (Å²) in [6, 6.07) is 0. The molecule has 1 atom stereocenters. The molecule has 0 aliphatic heterocycles. The second kappa shape index (κ2) is 9.14. The van der Waals surface area contributed by atoms with Crippen LogP contribution >= 0.6 is 7.82 Å². The van der Waals surface area contributed by atoms with Crippen LogP contribution in [-0.4, -0.2) is 22.4 Å². The van der Waals surface area contributed by atoms with E-state index >= 15 is 0 Å². The monoisotopic (exact) mass is 254 g/mol. The summed E-state index contributed by atoms with van der Waals surface area (Å²) in [5.41, 5.74) is 3.63. The van der Waals surface area contributed by atoms with E-state index in [0.717, 1.165) is 12.8 Å². The summed E-state index contributed by atoms with van der Waals surface area (Å²) in [5.74, 6) is 0. The maximum Gasteiger partial charge on any atom is 0.470 e. The van der Waals surface area contributed by atoms with Gasteiger partial charge in [-0.1, -0.05) is 45.4 Å². The number of hydrogen-bond acceptors (Lipinski definition) is 2. The lowest BCUT2D eigenvalue weighted by atomic mass is 10.1. The molecule has 0 heterocycles. The van der Waals surface area contributed by atoms with Gasteiger partial charge in [0.1, 0.15) is 12.6 Å². The average Bonchev–Trinajstić information content (AvgIpc) is 2.19. The van der Waals surface area contributed by atoms with Gasteiger partial charge in [-0.3, -0.25) is 4.52 Å². The van der Waals surface area contributed by atoms with Crippen LogP contribution in [-0.2, 0) is 9.09 Å². The van der Waals surface area contributed by atoms with Crippen LogP contribution in [0, 0.1) is 0 Å². The van der Waals surface area contributed by atoms with E-state index in [2.05, 4.69) is 17.2 Å². The Morgan fingerprint density at radius 1 is 1.19 bits per heavy atom. The molecule has 0 saturated heterocycles. The van der Waals surface area contributed by atoms with Crippen LogP contribution in [0.15, 0.2) is 0 Å². The molecule has 0 aromatic rings. The third kappa shape index (κ3) is 10.6. The van der Waals surface area contributed by atoms with Crippen molar-refractivity contribution in [2.75, 3.05) is 6.54 Å². The molecule has 6 heteroatoms. The fourth-order valence-electron chi connectivity index (χ4n) is 1.60. The van der Waals surface area contributed by atoms with Crippen molar-refractivity contribution in [2.24, 2.45) is 0 Å². The van der Waals surface area contributed by atoms with Gasteiger partial charge in [0.05, 0.1) is 0 Å². The van der Waals surface area contributed by atoms with Crippen molar-refractivity contribution < 1.29 is 24.6 Å². The molecule has 16 heavy (non-hydrogen) atoms. The first-order chi connectivity index (χ1) is 7.49. The highest BCUT2D eigenvalue weighted by Gasteiger charge is 2.21. The zero-order valence-corrected chi connectivity index (χ0v) is 11.0. The number of rotatable bonds is 10. The maximum atomic E-state index is 10.6. The van der Waals surface area contributed by atoms with Crippen molar-refractivity contribution in [3.63, 3.8) is 0 Å². The summed E-state index contributed by atoms with van der Waals surface area (Å²) in [6.07, 6.45) is 7.23. The first-order valence-electron chi connectivity index (χ1n) is 6.02. The van der Waals surface area contributed by atoms with E-state index in [0.29, 0.717) is 13.0 Å². The van der Waals surface area contributed by atoms with E-state index in [1.165, 1.54) is 25.7 Å². The van der Waals surface area contributed by atoms with Gasteiger partial charge in [-0.15, -0.1) is 0 Å². The van der Waals surface area contributed by atoms with E-state index < -0.39 is 13.9 Å². The van der Waals surface area contributed by atoms with Crippen molar-refractivity contribution in [1.29, 1.82) is 0 Å². The largest absolute Gasteiger partial charge is 0.470 e. The minimum absolute atomic E-state index is 0.403. The van der Waals surface area contributed by atoms with Gasteiger partial charge in [0.25, 0.3) is 0 Å². The quantitative estimate of drug-likeness (QED) is 0.406. The van der Waals surface area contributed by atoms with Crippen molar-refractivity contribution in [3.8, 4) is 0 Å². The van der Waals surface area contributed by atoms with Gasteiger partial charge in [0, 0.05) is 0 Å². The van der Waals surface area contributed by atoms with Crippen LogP contribution < -0.4 is 5.73 Å². The first kappa shape index (κ1) is 16.1. The summed E-state index contributed by atoms with van der Waals surface area (Å²) in [5, 5.41) is 0. The van der Waals surface area contributed by atoms with E-state index in [-0.39, 0.29) is 0 Å². The molecule has 0 saturated carbocycles. The summed E-state index contributed by atoms with van der Waals surface area (Å²) in [7, 11) is -4.34. The molecule has 0 aromatic carbocycles. The van der Waals surface area contributed by atoms with E-state index in [4.69, 9.17) is 9.79 Å². The van der Waals surface area contributed by atoms with Gasteiger partial charge in [0.2, 0.25) is 0 Å². The molecule has 1 unspecified atom stereocenters. The Morgan fingerprint density at radius 3 is 2.25 bits per heavy atom. The lowest BCUT2D eigenvalue weighted by Crippen LogP contribution is -2.56. The van der Waals surface area contributed by atoms with Gasteiger partial charge < -0.3 is 15.5 Å². The Bertz CT molecular complexity index is 207. The Hall–Kier alpha value is 0.0700. The number of phosphoric ester groups is 1. The second-order valence-electron chi connectivity index (χ2n) is 4.06. The van der Waals surface area contributed by atoms with Crippen LogP contribution in [0.3, 0.4) is 0 Å². The Kier molecular flexibility index (Phi) is 9.18. The van der Waals surface area contributed by atoms with Crippen LogP contribution in [0.5, 0.6) is 0 Å². The number of quaternary nitrogens is 1. The molecule has 0 spiro atoms. The summed E-state index contributed by atoms with van der Waals surface area (Å²) >= 11 is 0. The molecule has 0 bridgehead atoms. The lowest BCUT2D eigenvalue weighted by Gasteiger charge is -2.14. The van der Waals surface area contributed by atoms with Crippen LogP contribution in [0.2, 0.25) is 0 Å². The molecule has 0 radical (unpaired) electrons. The molecule has 0 rings (SSSR count). The van der Waals surface area contributed by atoms with Gasteiger partial charge in [-0.25, -0.2) is 4.57 Å². The Labute approximate surface area is 97.6 Å². The normalized spacial score (nSPS) is 14.0. The van der Waals surface area contributed by atoms with Crippen LogP contribution in [0.4, 0.5) is 0 Å². The third-order valence-corrected chi connectivity index (χ3v) is 3.06. The molecule has 98 valence electrons. The highest BCUT2D eigenvalue weighted by Crippen LogP contribution is 2.38. The average molecular weight is 254 g/mol. The molecular formula is C10H25NO4P+. The lowest BCUT2D eigenvalue weighted by molar-refractivity contribution is -0.382. The predicted molar refractivity (Wildman–Crippen MR) is 62.7 cm³/mol. The van der Waals surface area contributed by atoms with Crippen molar-refractivity contribution >= 4 is 7.82 Å². The van der Waals surface area contributed by atoms with Crippen LogP contribution in [0.1, 0.15) is 51.9 Å². The van der Waals surface area contributed by atoms with Crippen LogP contribution in [0.25, 0.3) is 0 Å². The van der Waals surface area contributed by atoms with Crippen molar-refractivity contribution in [3.05, 3.63) is 0 Å². The fourth-order valence-corrected chi connectivity index (χ4v) is 2.20. The number of phosphoric acid groups is 1. The third-order valence-electron chi connectivity index (χ3n) is 2.49. The second-order valence-corrected chi connectivity index (χ2v) is 5.26. The van der Waals surface area contributed by atoms with Crippen molar-refractivity contribution in [1.82, 2.24) is 0 Å². The molecule has 0 fully saturated rings. The maximum absolute atomic E-state index is 10.6. The topological polar surface area (TPSA) is 94.4 Å². The summed E-state index contributed by atoms with van der Waals surface area (Å²) in [4.78, 5) is 17.3. The molecule has 0 aromatic heterocycles. The fraction of sp³-hybridized carbons (Fsp3) is 1.00. The molecular weight excluding hydrogens is 229 g/mol. The zero-order chi connectivity index (χ0) is 12.4. The number of hydrogen-bond donors (Lipinski definition) is 3.